The second kappa shape index (κ2) is 8.32. The van der Waals surface area contributed by atoms with Crippen molar-refractivity contribution in [2.75, 3.05) is 18.9 Å². The van der Waals surface area contributed by atoms with Gasteiger partial charge in [-0.05, 0) is 13.8 Å². The second-order valence-electron chi connectivity index (χ2n) is 7.64. The number of oxime groups is 1. The Morgan fingerprint density at radius 3 is 2.58 bits per heavy atom. The molecule has 1 aromatic rings. The highest BCUT2D eigenvalue weighted by Gasteiger charge is 2.60. The van der Waals surface area contributed by atoms with Crippen LogP contribution in [0.2, 0.25) is 0 Å². The molecular formula is C18H22N4O8S. The Balaban J connectivity index is 1.74. The smallest absolute Gasteiger partial charge is 0.344 e. The molecule has 0 radical (unpaired) electrons. The van der Waals surface area contributed by atoms with Crippen LogP contribution in [0.25, 0.3) is 0 Å². The number of β-lactam (4-membered cyclic amide) rings is 1. The number of carboxylic acid groups (broad SMARTS) is 1. The van der Waals surface area contributed by atoms with Crippen molar-refractivity contribution in [3.8, 4) is 0 Å². The van der Waals surface area contributed by atoms with Gasteiger partial charge in [0.25, 0.3) is 11.7 Å². The number of Topliss-reactive ketones (excluding diaryl/α,β-unsaturated/α-hetero) is 2. The highest BCUT2D eigenvalue weighted by Crippen LogP contribution is 2.44. The Morgan fingerprint density at radius 1 is 1.45 bits per heavy atom. The molecule has 2 aliphatic rings. The van der Waals surface area contributed by atoms with Crippen molar-refractivity contribution < 1.29 is 38.7 Å². The number of aromatic nitrogens is 1. The maximum atomic E-state index is 12.9. The van der Waals surface area contributed by atoms with Crippen LogP contribution in [-0.2, 0) is 33.6 Å². The minimum atomic E-state index is -1.47. The Morgan fingerprint density at radius 2 is 2.13 bits per heavy atom. The van der Waals surface area contributed by atoms with Crippen LogP contribution in [0.5, 0.6) is 0 Å². The molecular weight excluding hydrogens is 432 g/mol. The molecule has 3 N–H and O–H groups in total. The summed E-state index contributed by atoms with van der Waals surface area (Å²) < 4.78 is 5.27. The molecule has 0 spiro atoms. The molecule has 12 nitrogen and oxygen atoms in total. The number of carbonyl (C=O) groups is 4. The number of carboxylic acids is 1. The fourth-order valence-corrected chi connectivity index (χ4v) is 3.77. The van der Waals surface area contributed by atoms with E-state index in [0.29, 0.717) is 13.0 Å². The van der Waals surface area contributed by atoms with Gasteiger partial charge in [-0.1, -0.05) is 5.16 Å². The van der Waals surface area contributed by atoms with Crippen molar-refractivity contribution in [3.63, 3.8) is 0 Å². The standard InChI is InChI=1S/C18H22N4O8S/c1-9(23)18(4-5-28-18)30-22-15(27)10(17(22,2)3)6-12(24)14(21-29-7-13(25)26)11-8-31-16(19)20-11/h8,10H,4-7H2,1-3H3,(H2,19,20)(H,25,26)/b21-14-/t10-,18?/m1/s1. The minimum absolute atomic E-state index is 0.119. The van der Waals surface area contributed by atoms with E-state index in [4.69, 9.17) is 25.3 Å². The summed E-state index contributed by atoms with van der Waals surface area (Å²) in [5.74, 6) is -4.94. The quantitative estimate of drug-likeness (QED) is 0.286. The summed E-state index contributed by atoms with van der Waals surface area (Å²) in [6.45, 7) is 4.29. The fourth-order valence-electron chi connectivity index (χ4n) is 3.22. The van der Waals surface area contributed by atoms with Crippen LogP contribution in [0, 0.1) is 5.92 Å². The van der Waals surface area contributed by atoms with E-state index in [-0.39, 0.29) is 28.7 Å². The molecule has 0 aliphatic carbocycles. The largest absolute Gasteiger partial charge is 0.479 e. The molecule has 1 aromatic heterocycles. The van der Waals surface area contributed by atoms with Crippen molar-refractivity contribution in [1.29, 1.82) is 0 Å². The van der Waals surface area contributed by atoms with Gasteiger partial charge in [-0.25, -0.2) is 19.7 Å². The molecule has 2 fully saturated rings. The number of nitrogens with zero attached hydrogens (tertiary/aromatic N) is 3. The predicted molar refractivity (Wildman–Crippen MR) is 106 cm³/mol. The number of nitrogens with two attached hydrogens (primary N) is 1. The molecule has 0 bridgehead atoms. The number of hydrogen-bond donors (Lipinski definition) is 2. The molecule has 3 rings (SSSR count). The summed E-state index contributed by atoms with van der Waals surface area (Å²) >= 11 is 1.07. The highest BCUT2D eigenvalue weighted by molar-refractivity contribution is 7.13. The summed E-state index contributed by atoms with van der Waals surface area (Å²) in [5, 5.41) is 15.0. The third kappa shape index (κ3) is 4.29. The highest BCUT2D eigenvalue weighted by atomic mass is 32.1. The lowest BCUT2D eigenvalue weighted by Gasteiger charge is -2.55. The summed E-state index contributed by atoms with van der Waals surface area (Å²) in [5.41, 5.74) is 4.58. The Bertz CT molecular complexity index is 952. The molecule has 0 aromatic carbocycles. The molecule has 2 atom stereocenters. The third-order valence-electron chi connectivity index (χ3n) is 5.18. The van der Waals surface area contributed by atoms with E-state index in [0.717, 1.165) is 16.4 Å². The lowest BCUT2D eigenvalue weighted by Crippen LogP contribution is -2.72. The number of aliphatic carboxylic acids is 1. The number of hydroxylamine groups is 2. The van der Waals surface area contributed by atoms with E-state index in [2.05, 4.69) is 10.1 Å². The van der Waals surface area contributed by atoms with E-state index in [1.165, 1.54) is 12.3 Å². The summed E-state index contributed by atoms with van der Waals surface area (Å²) in [4.78, 5) is 62.5. The maximum absolute atomic E-state index is 12.9. The monoisotopic (exact) mass is 454 g/mol. The van der Waals surface area contributed by atoms with Gasteiger partial charge in [0.15, 0.2) is 22.4 Å². The Hall–Kier alpha value is -2.90. The zero-order valence-corrected chi connectivity index (χ0v) is 17.9. The fraction of sp³-hybridized carbons (Fsp3) is 0.556. The van der Waals surface area contributed by atoms with Crippen LogP contribution < -0.4 is 5.73 Å². The number of ketones is 2. The average Bonchev–Trinajstić information content (AvgIpc) is 3.07. The number of hydrogen-bond acceptors (Lipinski definition) is 11. The van der Waals surface area contributed by atoms with Gasteiger partial charge in [0.2, 0.25) is 6.61 Å². The van der Waals surface area contributed by atoms with Gasteiger partial charge in [0.05, 0.1) is 18.1 Å². The van der Waals surface area contributed by atoms with Gasteiger partial charge >= 0.3 is 5.97 Å². The molecule has 31 heavy (non-hydrogen) atoms. The molecule has 1 amide bonds. The molecule has 2 saturated heterocycles. The number of carbonyl (C=O) groups excluding carboxylic acids is 3. The van der Waals surface area contributed by atoms with Gasteiger partial charge < -0.3 is 20.4 Å². The van der Waals surface area contributed by atoms with Crippen LogP contribution in [0.4, 0.5) is 5.13 Å². The van der Waals surface area contributed by atoms with Crippen LogP contribution in [0.15, 0.2) is 10.5 Å². The Labute approximate surface area is 180 Å². The number of anilines is 1. The van der Waals surface area contributed by atoms with Crippen LogP contribution in [0.3, 0.4) is 0 Å². The number of rotatable bonds is 10. The number of thiazole rings is 1. The van der Waals surface area contributed by atoms with Crippen molar-refractivity contribution in [3.05, 3.63) is 11.1 Å². The van der Waals surface area contributed by atoms with E-state index in [9.17, 15) is 19.2 Å². The molecule has 0 saturated carbocycles. The van der Waals surface area contributed by atoms with Crippen LogP contribution >= 0.6 is 11.3 Å². The predicted octanol–water partition coefficient (Wildman–Crippen LogP) is 0.364. The van der Waals surface area contributed by atoms with E-state index in [1.54, 1.807) is 13.8 Å². The third-order valence-corrected chi connectivity index (χ3v) is 5.85. The molecule has 2 aliphatic heterocycles. The molecule has 13 heteroatoms. The lowest BCUT2D eigenvalue weighted by atomic mass is 9.74. The van der Waals surface area contributed by atoms with E-state index >= 15 is 0 Å². The molecule has 3 heterocycles. The molecule has 1 unspecified atom stereocenters. The van der Waals surface area contributed by atoms with Gasteiger partial charge in [0, 0.05) is 25.1 Å². The second-order valence-corrected chi connectivity index (χ2v) is 8.53. The Kier molecular flexibility index (Phi) is 6.11. The number of amides is 1. The zero-order chi connectivity index (χ0) is 23.0. The first-order chi connectivity index (χ1) is 14.5. The minimum Gasteiger partial charge on any atom is -0.479 e. The van der Waals surface area contributed by atoms with Gasteiger partial charge in [0.1, 0.15) is 5.69 Å². The van der Waals surface area contributed by atoms with Gasteiger partial charge in [-0.15, -0.1) is 11.3 Å². The van der Waals surface area contributed by atoms with Gasteiger partial charge in [-0.2, -0.15) is 0 Å². The van der Waals surface area contributed by atoms with Crippen molar-refractivity contribution in [1.82, 2.24) is 10.0 Å². The zero-order valence-electron chi connectivity index (χ0n) is 17.1. The average molecular weight is 454 g/mol. The van der Waals surface area contributed by atoms with E-state index < -0.39 is 41.5 Å². The topological polar surface area (TPSA) is 171 Å². The number of ether oxygens (including phenoxy) is 1. The summed E-state index contributed by atoms with van der Waals surface area (Å²) in [6, 6.07) is 0. The normalized spacial score (nSPS) is 24.9. The first-order valence-corrected chi connectivity index (χ1v) is 10.2. The SMILES string of the molecule is CC(=O)C1(ON2C(=O)[C@@H](CC(=O)/C(=N\OCC(=O)O)c3csc(N)n3)C2(C)C)CCO1. The van der Waals surface area contributed by atoms with Crippen molar-refractivity contribution in [2.24, 2.45) is 11.1 Å². The molecule has 168 valence electrons. The maximum Gasteiger partial charge on any atom is 0.344 e. The lowest BCUT2D eigenvalue weighted by molar-refractivity contribution is -0.395. The summed E-state index contributed by atoms with van der Waals surface area (Å²) in [6.07, 6.45) is 0.0705. The summed E-state index contributed by atoms with van der Waals surface area (Å²) in [7, 11) is 0. The first-order valence-electron chi connectivity index (χ1n) is 9.32. The number of nitrogen functional groups attached to an aromatic ring is 1. The van der Waals surface area contributed by atoms with E-state index in [1.807, 2.05) is 0 Å². The van der Waals surface area contributed by atoms with Crippen LogP contribution in [0.1, 0.15) is 39.3 Å². The van der Waals surface area contributed by atoms with Gasteiger partial charge in [-0.3, -0.25) is 14.4 Å². The van der Waals surface area contributed by atoms with Crippen molar-refractivity contribution >= 4 is 45.6 Å². The van der Waals surface area contributed by atoms with Crippen LogP contribution in [-0.4, -0.2) is 68.8 Å². The first kappa shape index (κ1) is 22.8. The van der Waals surface area contributed by atoms with Crippen molar-refractivity contribution in [2.45, 2.75) is 44.9 Å².